The molecule has 0 aliphatic carbocycles. The van der Waals surface area contributed by atoms with E-state index in [1.54, 1.807) is 0 Å². The van der Waals surface area contributed by atoms with Gasteiger partial charge in [-0.3, -0.25) is 0 Å². The van der Waals surface area contributed by atoms with Gasteiger partial charge in [-0.1, -0.05) is 0 Å². The van der Waals surface area contributed by atoms with Crippen LogP contribution >= 0.6 is 0 Å². The maximum absolute atomic E-state index is 3.81. The molecule has 0 aromatic rings. The summed E-state index contributed by atoms with van der Waals surface area (Å²) in [5, 5.41) is 0. The van der Waals surface area contributed by atoms with E-state index in [0.717, 1.165) is 0 Å². The summed E-state index contributed by atoms with van der Waals surface area (Å²) in [6, 6.07) is 0. The molecule has 0 N–H and O–H groups in total. The van der Waals surface area contributed by atoms with Gasteiger partial charge in [0.15, 0.2) is 0 Å². The first-order valence-corrected chi connectivity index (χ1v) is 4.96. The Balaban J connectivity index is 5.14. The quantitative estimate of drug-likeness (QED) is 0.465. The van der Waals surface area contributed by atoms with Crippen molar-refractivity contribution in [2.24, 2.45) is 0 Å². The minimum atomic E-state index is 1.17. The van der Waals surface area contributed by atoms with Crippen molar-refractivity contribution in [2.45, 2.75) is 27.6 Å². The molecule has 1 heteroatoms. The summed E-state index contributed by atoms with van der Waals surface area (Å²) >= 11 is 0. The predicted octanol–water partition coefficient (Wildman–Crippen LogP) is 3.57. The summed E-state index contributed by atoms with van der Waals surface area (Å²) in [5.41, 5.74) is 3.64. The van der Waals surface area contributed by atoms with Crippen LogP contribution in [0.2, 0.25) is 6.82 Å². The Bertz CT molecular complexity index is 301. The Morgan fingerprint density at radius 3 is 2.29 bits per heavy atom. The van der Waals surface area contributed by atoms with Crippen LogP contribution in [0, 0.1) is 0 Å². The van der Waals surface area contributed by atoms with Crippen LogP contribution in [0.5, 0.6) is 0 Å². The molecule has 0 aromatic carbocycles. The van der Waals surface area contributed by atoms with Crippen molar-refractivity contribution in [3.8, 4) is 0 Å². The van der Waals surface area contributed by atoms with Gasteiger partial charge in [0.1, 0.15) is 0 Å². The van der Waals surface area contributed by atoms with E-state index in [-0.39, 0.29) is 0 Å². The van der Waals surface area contributed by atoms with Crippen molar-refractivity contribution in [2.75, 3.05) is 0 Å². The van der Waals surface area contributed by atoms with E-state index >= 15 is 0 Å². The molecule has 0 unspecified atom stereocenters. The Kier molecular flexibility index (Phi) is 6.74. The average molecular weight is 186 g/mol. The van der Waals surface area contributed by atoms with Gasteiger partial charge in [-0.15, -0.1) is 0 Å². The molecule has 0 aliphatic heterocycles. The molecule has 0 fully saturated rings. The minimum absolute atomic E-state index is 1.17. The monoisotopic (exact) mass is 186 g/mol. The third kappa shape index (κ3) is 4.22. The number of rotatable bonds is 4. The third-order valence-corrected chi connectivity index (χ3v) is 2.05. The molecular weight excluding hydrogens is 167 g/mol. The molecule has 0 atom stereocenters. The zero-order chi connectivity index (χ0) is 11.0. The van der Waals surface area contributed by atoms with Crippen molar-refractivity contribution in [1.82, 2.24) is 0 Å². The van der Waals surface area contributed by atoms with Crippen LogP contribution in [-0.2, 0) is 0 Å². The SMILES string of the molecule is C=CC(=B\C)/C(/C=C\C)=C\C(C)=C/C. The molecule has 14 heavy (non-hydrogen) atoms. The fraction of sp³-hybridized carbons (Fsp3) is 0.308. The van der Waals surface area contributed by atoms with Gasteiger partial charge in [0.2, 0.25) is 0 Å². The average Bonchev–Trinajstić information content (AvgIpc) is 2.19. The first-order valence-electron chi connectivity index (χ1n) is 4.96. The van der Waals surface area contributed by atoms with Gasteiger partial charge in [0.25, 0.3) is 0 Å². The zero-order valence-electron chi connectivity index (χ0n) is 9.67. The summed E-state index contributed by atoms with van der Waals surface area (Å²) in [6.07, 6.45) is 10.3. The van der Waals surface area contributed by atoms with E-state index in [4.69, 9.17) is 0 Å². The molecule has 0 nitrogen and oxygen atoms in total. The van der Waals surface area contributed by atoms with Crippen LogP contribution < -0.4 is 0 Å². The molecular formula is C13H19B. The molecule has 0 amide bonds. The molecule has 74 valence electrons. The topological polar surface area (TPSA) is 0 Å². The Morgan fingerprint density at radius 2 is 1.93 bits per heavy atom. The Hall–Kier alpha value is -1.11. The number of hydrogen-bond acceptors (Lipinski definition) is 0. The van der Waals surface area contributed by atoms with Crippen molar-refractivity contribution in [1.29, 1.82) is 0 Å². The van der Waals surface area contributed by atoms with E-state index in [1.165, 1.54) is 16.6 Å². The molecule has 0 bridgehead atoms. The molecule has 0 saturated heterocycles. The van der Waals surface area contributed by atoms with Gasteiger partial charge >= 0.3 is 88.1 Å². The van der Waals surface area contributed by atoms with Gasteiger partial charge in [0.05, 0.1) is 0 Å². The van der Waals surface area contributed by atoms with Crippen molar-refractivity contribution < 1.29 is 0 Å². The van der Waals surface area contributed by atoms with Gasteiger partial charge in [-0.25, -0.2) is 0 Å². The van der Waals surface area contributed by atoms with Gasteiger partial charge in [-0.05, 0) is 0 Å². The van der Waals surface area contributed by atoms with E-state index < -0.39 is 0 Å². The number of allylic oxidation sites excluding steroid dienone is 7. The summed E-state index contributed by atoms with van der Waals surface area (Å²) in [4.78, 5) is 0. The van der Waals surface area contributed by atoms with E-state index in [0.29, 0.717) is 0 Å². The van der Waals surface area contributed by atoms with E-state index in [1.807, 2.05) is 32.8 Å². The first kappa shape index (κ1) is 12.9. The Morgan fingerprint density at radius 1 is 1.29 bits per heavy atom. The second-order valence-electron chi connectivity index (χ2n) is 3.08. The molecule has 0 radical (unpaired) electrons. The standard InChI is InChI=1S/C13H19B/c1-6-9-12(10-11(4)7-2)13(8-3)14-5/h6-10H,3H2,1-2,4-5H3/b9-6-,11-7-,12-10-. The van der Waals surface area contributed by atoms with Crippen LogP contribution in [0.3, 0.4) is 0 Å². The fourth-order valence-electron chi connectivity index (χ4n) is 1.14. The summed E-state index contributed by atoms with van der Waals surface area (Å²) in [5.74, 6) is 0. The van der Waals surface area contributed by atoms with Crippen molar-refractivity contribution in [3.05, 3.63) is 48.1 Å². The van der Waals surface area contributed by atoms with Crippen LogP contribution in [0.15, 0.2) is 48.1 Å². The first-order chi connectivity index (χ1) is 6.69. The zero-order valence-corrected chi connectivity index (χ0v) is 9.67. The molecule has 0 aromatic heterocycles. The van der Waals surface area contributed by atoms with E-state index in [2.05, 4.69) is 38.7 Å². The van der Waals surface area contributed by atoms with Crippen LogP contribution in [0.1, 0.15) is 20.8 Å². The van der Waals surface area contributed by atoms with Crippen molar-refractivity contribution in [3.63, 3.8) is 0 Å². The normalized spacial score (nSPS) is 14.4. The molecule has 0 heterocycles. The van der Waals surface area contributed by atoms with Gasteiger partial charge < -0.3 is 0 Å². The predicted molar refractivity (Wildman–Crippen MR) is 69.2 cm³/mol. The van der Waals surface area contributed by atoms with Gasteiger partial charge in [-0.2, -0.15) is 0 Å². The van der Waals surface area contributed by atoms with E-state index in [9.17, 15) is 0 Å². The van der Waals surface area contributed by atoms with Crippen LogP contribution in [0.4, 0.5) is 0 Å². The molecule has 0 spiro atoms. The maximum atomic E-state index is 3.81. The molecule has 0 rings (SSSR count). The second-order valence-corrected chi connectivity index (χ2v) is 3.08. The number of hydrogen-bond donors (Lipinski definition) is 0. The van der Waals surface area contributed by atoms with Gasteiger partial charge in [0, 0.05) is 0 Å². The van der Waals surface area contributed by atoms with Crippen molar-refractivity contribution >= 4 is 12.4 Å². The molecule has 0 saturated carbocycles. The molecule has 0 aliphatic rings. The van der Waals surface area contributed by atoms with Crippen LogP contribution in [-0.4, -0.2) is 12.4 Å². The summed E-state index contributed by atoms with van der Waals surface area (Å²) < 4.78 is 0. The summed E-state index contributed by atoms with van der Waals surface area (Å²) in [7, 11) is 0. The van der Waals surface area contributed by atoms with Crippen LogP contribution in [0.25, 0.3) is 0 Å². The Labute approximate surface area is 88.6 Å². The summed E-state index contributed by atoms with van der Waals surface area (Å²) in [6.45, 7) is 14.1. The fourth-order valence-corrected chi connectivity index (χ4v) is 1.14. The second kappa shape index (κ2) is 7.31. The third-order valence-electron chi connectivity index (χ3n) is 2.05.